The van der Waals surface area contributed by atoms with Crippen LogP contribution in [0, 0.1) is 0 Å². The van der Waals surface area contributed by atoms with Crippen LogP contribution in [0.3, 0.4) is 0 Å². The Hall–Kier alpha value is -2.62. The highest BCUT2D eigenvalue weighted by Crippen LogP contribution is 2.20. The Labute approximate surface area is 135 Å². The van der Waals surface area contributed by atoms with E-state index in [0.717, 1.165) is 11.3 Å². The Morgan fingerprint density at radius 3 is 2.78 bits per heavy atom. The Morgan fingerprint density at radius 2 is 1.96 bits per heavy atom. The van der Waals surface area contributed by atoms with Gasteiger partial charge in [0.05, 0.1) is 23.8 Å². The molecule has 0 atom stereocenters. The molecule has 0 aliphatic heterocycles. The van der Waals surface area contributed by atoms with Crippen molar-refractivity contribution >= 4 is 10.9 Å². The molecule has 0 bridgehead atoms. The van der Waals surface area contributed by atoms with Crippen molar-refractivity contribution in [3.05, 3.63) is 70.8 Å². The van der Waals surface area contributed by atoms with E-state index in [0.29, 0.717) is 24.5 Å². The van der Waals surface area contributed by atoms with Crippen LogP contribution in [0.5, 0.6) is 5.75 Å². The Morgan fingerprint density at radius 1 is 1.13 bits per heavy atom. The molecular weight excluding hydrogens is 288 g/mol. The second kappa shape index (κ2) is 6.65. The van der Waals surface area contributed by atoms with Gasteiger partial charge in [0.15, 0.2) is 0 Å². The molecule has 3 rings (SSSR count). The summed E-state index contributed by atoms with van der Waals surface area (Å²) in [6, 6.07) is 15.4. The molecule has 0 unspecified atom stereocenters. The third-order valence-corrected chi connectivity index (χ3v) is 3.86. The van der Waals surface area contributed by atoms with Gasteiger partial charge in [-0.15, -0.1) is 0 Å². The molecule has 1 heterocycles. The van der Waals surface area contributed by atoms with Crippen molar-refractivity contribution in [1.82, 2.24) is 9.55 Å². The molecule has 0 N–H and O–H groups in total. The monoisotopic (exact) mass is 308 g/mol. The summed E-state index contributed by atoms with van der Waals surface area (Å²) in [5, 5.41) is 0.636. The third kappa shape index (κ3) is 3.42. The molecule has 0 radical (unpaired) electrons. The van der Waals surface area contributed by atoms with Gasteiger partial charge in [-0.2, -0.15) is 0 Å². The van der Waals surface area contributed by atoms with Gasteiger partial charge < -0.3 is 4.74 Å². The van der Waals surface area contributed by atoms with Gasteiger partial charge in [0, 0.05) is 0 Å². The lowest BCUT2D eigenvalue weighted by Gasteiger charge is -2.11. The fraction of sp³-hybridized carbons (Fsp3) is 0.263. The molecular formula is C19H20N2O2. The summed E-state index contributed by atoms with van der Waals surface area (Å²) in [4.78, 5) is 16.7. The van der Waals surface area contributed by atoms with E-state index in [1.807, 2.05) is 36.4 Å². The van der Waals surface area contributed by atoms with E-state index in [1.54, 1.807) is 17.0 Å². The van der Waals surface area contributed by atoms with Gasteiger partial charge in [0.2, 0.25) is 0 Å². The number of nitrogens with zero attached hydrogens (tertiary/aromatic N) is 2. The summed E-state index contributed by atoms with van der Waals surface area (Å²) in [6.45, 7) is 5.21. The van der Waals surface area contributed by atoms with E-state index in [9.17, 15) is 4.79 Å². The lowest BCUT2D eigenvalue weighted by molar-refractivity contribution is 0.295. The number of para-hydroxylation sites is 1. The van der Waals surface area contributed by atoms with Crippen LogP contribution in [-0.4, -0.2) is 16.2 Å². The molecule has 4 nitrogen and oxygen atoms in total. The minimum Gasteiger partial charge on any atom is -0.492 e. The van der Waals surface area contributed by atoms with E-state index >= 15 is 0 Å². The number of aromatic nitrogens is 2. The third-order valence-electron chi connectivity index (χ3n) is 3.86. The first-order chi connectivity index (χ1) is 11.1. The molecule has 4 heteroatoms. The van der Waals surface area contributed by atoms with Gasteiger partial charge in [-0.1, -0.05) is 38.1 Å². The zero-order valence-electron chi connectivity index (χ0n) is 13.4. The van der Waals surface area contributed by atoms with Crippen molar-refractivity contribution in [2.45, 2.75) is 26.3 Å². The molecule has 0 aliphatic carbocycles. The second-order valence-corrected chi connectivity index (χ2v) is 5.84. The average molecular weight is 308 g/mol. The highest BCUT2D eigenvalue weighted by molar-refractivity contribution is 5.76. The zero-order valence-corrected chi connectivity index (χ0v) is 13.4. The number of hydrogen-bond donors (Lipinski definition) is 0. The Bertz CT molecular complexity index is 868. The Kier molecular flexibility index (Phi) is 4.42. The number of ether oxygens (including phenoxy) is 1. The number of fused-ring (bicyclic) bond motifs is 1. The minimum atomic E-state index is -0.0323. The van der Waals surface area contributed by atoms with Crippen LogP contribution >= 0.6 is 0 Å². The van der Waals surface area contributed by atoms with E-state index in [1.165, 1.54) is 5.56 Å². The minimum absolute atomic E-state index is 0.0323. The number of rotatable bonds is 5. The Balaban J connectivity index is 1.71. The smallest absolute Gasteiger partial charge is 0.261 e. The van der Waals surface area contributed by atoms with Crippen LogP contribution in [0.2, 0.25) is 0 Å². The summed E-state index contributed by atoms with van der Waals surface area (Å²) < 4.78 is 7.37. The van der Waals surface area contributed by atoms with Crippen LogP contribution in [0.4, 0.5) is 0 Å². The maximum Gasteiger partial charge on any atom is 0.261 e. The van der Waals surface area contributed by atoms with Gasteiger partial charge in [-0.3, -0.25) is 9.36 Å². The van der Waals surface area contributed by atoms with Gasteiger partial charge in [-0.25, -0.2) is 4.98 Å². The molecule has 0 fully saturated rings. The van der Waals surface area contributed by atoms with Crippen LogP contribution in [0.1, 0.15) is 25.3 Å². The second-order valence-electron chi connectivity index (χ2n) is 5.84. The van der Waals surface area contributed by atoms with Crippen molar-refractivity contribution in [2.24, 2.45) is 0 Å². The van der Waals surface area contributed by atoms with E-state index in [2.05, 4.69) is 24.9 Å². The topological polar surface area (TPSA) is 44.1 Å². The molecule has 0 amide bonds. The van der Waals surface area contributed by atoms with E-state index < -0.39 is 0 Å². The predicted molar refractivity (Wildman–Crippen MR) is 92.0 cm³/mol. The van der Waals surface area contributed by atoms with E-state index in [4.69, 9.17) is 4.74 Å². The number of benzene rings is 2. The van der Waals surface area contributed by atoms with Crippen molar-refractivity contribution in [1.29, 1.82) is 0 Å². The fourth-order valence-electron chi connectivity index (χ4n) is 2.49. The largest absolute Gasteiger partial charge is 0.492 e. The highest BCUT2D eigenvalue weighted by Gasteiger charge is 2.04. The molecule has 1 aromatic heterocycles. The maximum atomic E-state index is 12.4. The predicted octanol–water partition coefficient (Wildman–Crippen LogP) is 3.60. The highest BCUT2D eigenvalue weighted by atomic mass is 16.5. The van der Waals surface area contributed by atoms with Gasteiger partial charge >= 0.3 is 0 Å². The first kappa shape index (κ1) is 15.3. The first-order valence-corrected chi connectivity index (χ1v) is 7.82. The summed E-state index contributed by atoms with van der Waals surface area (Å²) in [5.41, 5.74) is 1.93. The van der Waals surface area contributed by atoms with Crippen molar-refractivity contribution in [3.63, 3.8) is 0 Å². The van der Waals surface area contributed by atoms with Gasteiger partial charge in [0.1, 0.15) is 12.4 Å². The summed E-state index contributed by atoms with van der Waals surface area (Å²) in [6.07, 6.45) is 1.58. The standard InChI is InChI=1S/C19H20N2O2/c1-14(2)15-6-5-7-16(12-15)23-11-10-21-13-20-18-9-4-3-8-17(18)19(21)22/h3-9,12-14H,10-11H2,1-2H3. The molecule has 3 aromatic rings. The molecule has 0 spiro atoms. The molecule has 2 aromatic carbocycles. The van der Waals surface area contributed by atoms with Crippen LogP contribution in [0.25, 0.3) is 10.9 Å². The van der Waals surface area contributed by atoms with Crippen LogP contribution in [-0.2, 0) is 6.54 Å². The molecule has 0 saturated heterocycles. The molecule has 118 valence electrons. The van der Waals surface area contributed by atoms with Crippen molar-refractivity contribution in [2.75, 3.05) is 6.61 Å². The average Bonchev–Trinajstić information content (AvgIpc) is 2.57. The molecule has 23 heavy (non-hydrogen) atoms. The summed E-state index contributed by atoms with van der Waals surface area (Å²) >= 11 is 0. The number of hydrogen-bond acceptors (Lipinski definition) is 3. The molecule has 0 aliphatic rings. The first-order valence-electron chi connectivity index (χ1n) is 7.82. The summed E-state index contributed by atoms with van der Waals surface area (Å²) in [7, 11) is 0. The normalized spacial score (nSPS) is 11.1. The van der Waals surface area contributed by atoms with E-state index in [-0.39, 0.29) is 5.56 Å². The van der Waals surface area contributed by atoms with Crippen molar-refractivity contribution < 1.29 is 4.74 Å². The van der Waals surface area contributed by atoms with Gasteiger partial charge in [-0.05, 0) is 35.7 Å². The van der Waals surface area contributed by atoms with Crippen LogP contribution in [0.15, 0.2) is 59.7 Å². The fourth-order valence-corrected chi connectivity index (χ4v) is 2.49. The quantitative estimate of drug-likeness (QED) is 0.723. The van der Waals surface area contributed by atoms with Crippen LogP contribution < -0.4 is 10.3 Å². The summed E-state index contributed by atoms with van der Waals surface area (Å²) in [5.74, 6) is 1.30. The maximum absolute atomic E-state index is 12.4. The molecule has 0 saturated carbocycles. The van der Waals surface area contributed by atoms with Gasteiger partial charge in [0.25, 0.3) is 5.56 Å². The zero-order chi connectivity index (χ0) is 16.2. The SMILES string of the molecule is CC(C)c1cccc(OCCn2cnc3ccccc3c2=O)c1. The lowest BCUT2D eigenvalue weighted by atomic mass is 10.0. The lowest BCUT2D eigenvalue weighted by Crippen LogP contribution is -2.23. The van der Waals surface area contributed by atoms with Crippen molar-refractivity contribution in [3.8, 4) is 5.75 Å².